The van der Waals surface area contributed by atoms with Crippen molar-refractivity contribution in [3.05, 3.63) is 0 Å². The Balaban J connectivity index is 1.62. The summed E-state index contributed by atoms with van der Waals surface area (Å²) in [7, 11) is 0. The molecule has 0 radical (unpaired) electrons. The summed E-state index contributed by atoms with van der Waals surface area (Å²) in [6, 6.07) is 0.816. The molecule has 2 atom stereocenters. The summed E-state index contributed by atoms with van der Waals surface area (Å²) in [5.74, 6) is 0.774. The second-order valence-electron chi connectivity index (χ2n) is 4.64. The van der Waals surface area contributed by atoms with E-state index in [1.165, 1.54) is 38.6 Å². The lowest BCUT2D eigenvalue weighted by molar-refractivity contribution is 0.120. The molecule has 0 aromatic heterocycles. The third kappa shape index (κ3) is 2.68. The summed E-state index contributed by atoms with van der Waals surface area (Å²) in [5, 5.41) is 3.66. The summed E-state index contributed by atoms with van der Waals surface area (Å²) in [6.07, 6.45) is 7.38. The van der Waals surface area contributed by atoms with Gasteiger partial charge in [0.1, 0.15) is 0 Å². The van der Waals surface area contributed by atoms with Crippen LogP contribution >= 0.6 is 0 Å². The quantitative estimate of drug-likeness (QED) is 0.722. The van der Waals surface area contributed by atoms with Crippen LogP contribution in [0, 0.1) is 5.92 Å². The molecular formula is C11H21NO. The molecule has 2 aliphatic rings. The molecule has 2 fully saturated rings. The third-order valence-electron chi connectivity index (χ3n) is 3.33. The van der Waals surface area contributed by atoms with Crippen molar-refractivity contribution in [3.63, 3.8) is 0 Å². The maximum atomic E-state index is 5.54. The first kappa shape index (κ1) is 9.47. The van der Waals surface area contributed by atoms with Crippen LogP contribution in [-0.4, -0.2) is 25.3 Å². The zero-order valence-electron chi connectivity index (χ0n) is 8.59. The van der Waals surface area contributed by atoms with Gasteiger partial charge in [0, 0.05) is 12.6 Å². The summed E-state index contributed by atoms with van der Waals surface area (Å²) in [5.41, 5.74) is 0. The lowest BCUT2D eigenvalue weighted by Crippen LogP contribution is -2.31. The van der Waals surface area contributed by atoms with Gasteiger partial charge in [-0.1, -0.05) is 12.8 Å². The van der Waals surface area contributed by atoms with E-state index in [0.29, 0.717) is 6.10 Å². The molecule has 0 bridgehead atoms. The van der Waals surface area contributed by atoms with E-state index >= 15 is 0 Å². The number of rotatable bonds is 3. The molecule has 2 unspecified atom stereocenters. The van der Waals surface area contributed by atoms with Crippen LogP contribution in [-0.2, 0) is 4.74 Å². The van der Waals surface area contributed by atoms with Gasteiger partial charge in [0.15, 0.2) is 0 Å². The maximum absolute atomic E-state index is 5.54. The standard InChI is InChI=1S/C11H21NO/c1-9-6-10(8-13-9)7-12-11-4-2-3-5-11/h9-12H,2-8H2,1H3. The average Bonchev–Trinajstić information content (AvgIpc) is 2.71. The van der Waals surface area contributed by atoms with Gasteiger partial charge >= 0.3 is 0 Å². The van der Waals surface area contributed by atoms with Gasteiger partial charge in [-0.3, -0.25) is 0 Å². The van der Waals surface area contributed by atoms with Gasteiger partial charge in [-0.2, -0.15) is 0 Å². The predicted octanol–water partition coefficient (Wildman–Crippen LogP) is 1.94. The molecule has 1 aliphatic heterocycles. The minimum atomic E-state index is 0.496. The Hall–Kier alpha value is -0.0800. The fourth-order valence-corrected chi connectivity index (χ4v) is 2.51. The van der Waals surface area contributed by atoms with E-state index in [2.05, 4.69) is 12.2 Å². The van der Waals surface area contributed by atoms with Crippen molar-refractivity contribution in [2.75, 3.05) is 13.2 Å². The maximum Gasteiger partial charge on any atom is 0.0551 e. The fraction of sp³-hybridized carbons (Fsp3) is 1.00. The van der Waals surface area contributed by atoms with Gasteiger partial charge in [0.25, 0.3) is 0 Å². The van der Waals surface area contributed by atoms with E-state index in [1.807, 2.05) is 0 Å². The molecule has 1 N–H and O–H groups in total. The van der Waals surface area contributed by atoms with Crippen molar-refractivity contribution < 1.29 is 4.74 Å². The van der Waals surface area contributed by atoms with Crippen LogP contribution in [0.15, 0.2) is 0 Å². The fourth-order valence-electron chi connectivity index (χ4n) is 2.51. The van der Waals surface area contributed by atoms with E-state index in [1.54, 1.807) is 0 Å². The zero-order valence-corrected chi connectivity index (χ0v) is 8.59. The van der Waals surface area contributed by atoms with Crippen molar-refractivity contribution in [1.82, 2.24) is 5.32 Å². The van der Waals surface area contributed by atoms with Crippen LogP contribution in [0.4, 0.5) is 0 Å². The van der Waals surface area contributed by atoms with E-state index in [0.717, 1.165) is 18.6 Å². The van der Waals surface area contributed by atoms with Gasteiger partial charge in [-0.05, 0) is 32.1 Å². The van der Waals surface area contributed by atoms with Crippen LogP contribution in [0.5, 0.6) is 0 Å². The molecule has 1 saturated carbocycles. The molecule has 1 heterocycles. The number of hydrogen-bond acceptors (Lipinski definition) is 2. The Labute approximate surface area is 81.0 Å². The molecule has 0 aromatic carbocycles. The number of ether oxygens (including phenoxy) is 1. The van der Waals surface area contributed by atoms with Crippen molar-refractivity contribution in [3.8, 4) is 0 Å². The minimum Gasteiger partial charge on any atom is -0.378 e. The predicted molar refractivity (Wildman–Crippen MR) is 53.8 cm³/mol. The normalized spacial score (nSPS) is 35.8. The van der Waals surface area contributed by atoms with Crippen LogP contribution in [0.25, 0.3) is 0 Å². The van der Waals surface area contributed by atoms with Gasteiger partial charge in [-0.25, -0.2) is 0 Å². The van der Waals surface area contributed by atoms with Crippen LogP contribution in [0.2, 0.25) is 0 Å². The highest BCUT2D eigenvalue weighted by molar-refractivity contribution is 4.78. The van der Waals surface area contributed by atoms with Crippen molar-refractivity contribution in [1.29, 1.82) is 0 Å². The Bertz CT molecular complexity index is 154. The van der Waals surface area contributed by atoms with E-state index in [4.69, 9.17) is 4.74 Å². The Kier molecular flexibility index (Phi) is 3.23. The van der Waals surface area contributed by atoms with E-state index in [-0.39, 0.29) is 0 Å². The molecule has 2 nitrogen and oxygen atoms in total. The highest BCUT2D eigenvalue weighted by atomic mass is 16.5. The third-order valence-corrected chi connectivity index (χ3v) is 3.33. The smallest absolute Gasteiger partial charge is 0.0551 e. The Morgan fingerprint density at radius 1 is 1.31 bits per heavy atom. The van der Waals surface area contributed by atoms with Gasteiger partial charge in [0.05, 0.1) is 12.7 Å². The first-order valence-electron chi connectivity index (χ1n) is 5.69. The molecule has 2 rings (SSSR count). The largest absolute Gasteiger partial charge is 0.378 e. The van der Waals surface area contributed by atoms with Crippen LogP contribution < -0.4 is 5.32 Å². The molecule has 0 amide bonds. The average molecular weight is 183 g/mol. The molecular weight excluding hydrogens is 162 g/mol. The SMILES string of the molecule is CC1CC(CNC2CCCC2)CO1. The topological polar surface area (TPSA) is 21.3 Å². The number of nitrogens with one attached hydrogen (secondary N) is 1. The molecule has 0 aromatic rings. The van der Waals surface area contributed by atoms with Crippen molar-refractivity contribution in [2.45, 2.75) is 51.2 Å². The highest BCUT2D eigenvalue weighted by Crippen LogP contribution is 2.21. The van der Waals surface area contributed by atoms with Crippen molar-refractivity contribution >= 4 is 0 Å². The molecule has 1 saturated heterocycles. The van der Waals surface area contributed by atoms with Gasteiger partial charge in [-0.15, -0.1) is 0 Å². The first-order valence-corrected chi connectivity index (χ1v) is 5.69. The highest BCUT2D eigenvalue weighted by Gasteiger charge is 2.23. The van der Waals surface area contributed by atoms with Crippen molar-refractivity contribution in [2.24, 2.45) is 5.92 Å². The second kappa shape index (κ2) is 4.43. The lowest BCUT2D eigenvalue weighted by Gasteiger charge is -2.14. The second-order valence-corrected chi connectivity index (χ2v) is 4.64. The lowest BCUT2D eigenvalue weighted by atomic mass is 10.1. The Morgan fingerprint density at radius 2 is 2.08 bits per heavy atom. The minimum absolute atomic E-state index is 0.496. The summed E-state index contributed by atoms with van der Waals surface area (Å²) in [4.78, 5) is 0. The Morgan fingerprint density at radius 3 is 2.69 bits per heavy atom. The van der Waals surface area contributed by atoms with Gasteiger partial charge < -0.3 is 10.1 Å². The van der Waals surface area contributed by atoms with Crippen LogP contribution in [0.3, 0.4) is 0 Å². The number of hydrogen-bond donors (Lipinski definition) is 1. The zero-order chi connectivity index (χ0) is 9.10. The molecule has 2 heteroatoms. The molecule has 13 heavy (non-hydrogen) atoms. The summed E-state index contributed by atoms with van der Waals surface area (Å²) < 4.78 is 5.54. The molecule has 76 valence electrons. The molecule has 1 aliphatic carbocycles. The molecule has 0 spiro atoms. The summed E-state index contributed by atoms with van der Waals surface area (Å²) in [6.45, 7) is 4.32. The summed E-state index contributed by atoms with van der Waals surface area (Å²) >= 11 is 0. The van der Waals surface area contributed by atoms with Gasteiger partial charge in [0.2, 0.25) is 0 Å². The van der Waals surface area contributed by atoms with E-state index < -0.39 is 0 Å². The first-order chi connectivity index (χ1) is 6.34. The van der Waals surface area contributed by atoms with E-state index in [9.17, 15) is 0 Å². The monoisotopic (exact) mass is 183 g/mol. The van der Waals surface area contributed by atoms with Crippen LogP contribution in [0.1, 0.15) is 39.0 Å².